The van der Waals surface area contributed by atoms with Gasteiger partial charge < -0.3 is 36.1 Å². The van der Waals surface area contributed by atoms with Crippen LogP contribution in [0.15, 0.2) is 72.9 Å². The Balaban J connectivity index is 1.38. The number of carbonyl (C=O) groups is 3. The summed E-state index contributed by atoms with van der Waals surface area (Å²) in [5.41, 5.74) is 9.70. The van der Waals surface area contributed by atoms with E-state index in [1.165, 1.54) is 12.1 Å². The standard InChI is InChI=1S/C33H38FN7O3/c1-21(27-19-36-28-7-5-4-6-25(27)28)30(32(43)37-29-18-22(20-39(2)3)8-13-26(29)31(35)42)38-33(44)41-16-14-40(15-17-41)24-11-9-23(34)10-12-24/h4-13,18-19,21,30,36H,14-17,20H2,1-3H3,(H2,35,42)(H,37,43)(H,38,44). The summed E-state index contributed by atoms with van der Waals surface area (Å²) in [6.45, 7) is 4.47. The molecule has 44 heavy (non-hydrogen) atoms. The van der Waals surface area contributed by atoms with E-state index in [0.717, 1.165) is 27.7 Å². The second kappa shape index (κ2) is 13.2. The number of amides is 4. The van der Waals surface area contributed by atoms with Crippen molar-refractivity contribution < 1.29 is 18.8 Å². The maximum absolute atomic E-state index is 14.0. The monoisotopic (exact) mass is 599 g/mol. The third-order valence-corrected chi connectivity index (χ3v) is 8.04. The lowest BCUT2D eigenvalue weighted by Gasteiger charge is -2.37. The lowest BCUT2D eigenvalue weighted by molar-refractivity contribution is -0.118. The van der Waals surface area contributed by atoms with Gasteiger partial charge in [-0.05, 0) is 67.7 Å². The van der Waals surface area contributed by atoms with Gasteiger partial charge in [-0.3, -0.25) is 9.59 Å². The number of para-hydroxylation sites is 1. The number of anilines is 2. The van der Waals surface area contributed by atoms with Crippen LogP contribution in [0.2, 0.25) is 0 Å². The number of aromatic amines is 1. The molecule has 0 aliphatic carbocycles. The van der Waals surface area contributed by atoms with E-state index in [9.17, 15) is 18.8 Å². The Hall–Kier alpha value is -4.90. The van der Waals surface area contributed by atoms with Gasteiger partial charge in [0, 0.05) is 61.4 Å². The molecule has 1 aromatic heterocycles. The molecule has 1 fully saturated rings. The van der Waals surface area contributed by atoms with Gasteiger partial charge in [0.05, 0.1) is 11.3 Å². The van der Waals surface area contributed by atoms with Gasteiger partial charge in [0.1, 0.15) is 11.9 Å². The van der Waals surface area contributed by atoms with Crippen molar-refractivity contribution in [2.45, 2.75) is 25.4 Å². The Morgan fingerprint density at radius 3 is 2.39 bits per heavy atom. The van der Waals surface area contributed by atoms with Gasteiger partial charge in [-0.1, -0.05) is 31.2 Å². The second-order valence-corrected chi connectivity index (χ2v) is 11.4. The first-order valence-electron chi connectivity index (χ1n) is 14.6. The molecular weight excluding hydrogens is 561 g/mol. The Morgan fingerprint density at radius 1 is 1.00 bits per heavy atom. The van der Waals surface area contributed by atoms with Crippen molar-refractivity contribution in [3.63, 3.8) is 0 Å². The van der Waals surface area contributed by atoms with Crippen LogP contribution in [-0.2, 0) is 11.3 Å². The number of aromatic nitrogens is 1. The first-order chi connectivity index (χ1) is 21.1. The number of piperazine rings is 1. The first kappa shape index (κ1) is 30.6. The van der Waals surface area contributed by atoms with Gasteiger partial charge >= 0.3 is 6.03 Å². The number of rotatable bonds is 9. The number of fused-ring (bicyclic) bond motifs is 1. The average molecular weight is 600 g/mol. The molecule has 0 spiro atoms. The van der Waals surface area contributed by atoms with Gasteiger partial charge in [0.2, 0.25) is 5.91 Å². The molecule has 1 aliphatic heterocycles. The summed E-state index contributed by atoms with van der Waals surface area (Å²) in [4.78, 5) is 48.9. The summed E-state index contributed by atoms with van der Waals surface area (Å²) in [6, 6.07) is 17.9. The number of benzene rings is 3. The number of nitrogens with two attached hydrogens (primary N) is 1. The number of carbonyl (C=O) groups excluding carboxylic acids is 3. The van der Waals surface area contributed by atoms with E-state index in [4.69, 9.17) is 5.73 Å². The lowest BCUT2D eigenvalue weighted by atomic mass is 9.92. The van der Waals surface area contributed by atoms with Crippen molar-refractivity contribution in [1.82, 2.24) is 20.1 Å². The third kappa shape index (κ3) is 6.84. The number of halogens is 1. The molecule has 2 atom stereocenters. The molecule has 3 aromatic carbocycles. The molecule has 1 saturated heterocycles. The molecule has 4 amide bonds. The van der Waals surface area contributed by atoms with Crippen LogP contribution in [0.5, 0.6) is 0 Å². The highest BCUT2D eigenvalue weighted by atomic mass is 19.1. The lowest BCUT2D eigenvalue weighted by Crippen LogP contribution is -2.56. The van der Waals surface area contributed by atoms with Crippen LogP contribution >= 0.6 is 0 Å². The fourth-order valence-electron chi connectivity index (χ4n) is 5.70. The van der Waals surface area contributed by atoms with Crippen LogP contribution in [-0.4, -0.2) is 78.9 Å². The number of H-pyrrole nitrogens is 1. The van der Waals surface area contributed by atoms with E-state index in [2.05, 4.69) is 20.5 Å². The quantitative estimate of drug-likeness (QED) is 0.230. The van der Waals surface area contributed by atoms with Crippen molar-refractivity contribution >= 4 is 40.1 Å². The molecule has 4 aromatic rings. The molecule has 2 heterocycles. The van der Waals surface area contributed by atoms with E-state index in [-0.39, 0.29) is 17.4 Å². The zero-order chi connectivity index (χ0) is 31.4. The van der Waals surface area contributed by atoms with Gasteiger partial charge in [0.15, 0.2) is 0 Å². The minimum absolute atomic E-state index is 0.183. The van der Waals surface area contributed by atoms with Crippen LogP contribution < -0.4 is 21.3 Å². The predicted octanol–water partition coefficient (Wildman–Crippen LogP) is 4.11. The number of primary amides is 1. The van der Waals surface area contributed by atoms with Crippen molar-refractivity contribution in [1.29, 1.82) is 0 Å². The fraction of sp³-hybridized carbons (Fsp3) is 0.303. The average Bonchev–Trinajstić information content (AvgIpc) is 3.44. The third-order valence-electron chi connectivity index (χ3n) is 8.04. The van der Waals surface area contributed by atoms with E-state index in [1.807, 2.05) is 56.4 Å². The Bertz CT molecular complexity index is 1640. The van der Waals surface area contributed by atoms with Crippen LogP contribution in [0.4, 0.5) is 20.6 Å². The van der Waals surface area contributed by atoms with Crippen molar-refractivity contribution in [3.8, 4) is 0 Å². The van der Waals surface area contributed by atoms with Crippen molar-refractivity contribution in [2.75, 3.05) is 50.5 Å². The fourth-order valence-corrected chi connectivity index (χ4v) is 5.70. The summed E-state index contributed by atoms with van der Waals surface area (Å²) in [5.74, 6) is -1.86. The number of urea groups is 1. The molecule has 5 N–H and O–H groups in total. The molecular formula is C33H38FN7O3. The zero-order valence-corrected chi connectivity index (χ0v) is 25.1. The maximum Gasteiger partial charge on any atom is 0.318 e. The molecule has 0 bridgehead atoms. The zero-order valence-electron chi connectivity index (χ0n) is 25.1. The highest BCUT2D eigenvalue weighted by Gasteiger charge is 2.33. The first-order valence-corrected chi connectivity index (χ1v) is 14.6. The topological polar surface area (TPSA) is 127 Å². The normalized spacial score (nSPS) is 14.8. The van der Waals surface area contributed by atoms with Crippen molar-refractivity contribution in [3.05, 3.63) is 95.4 Å². The Labute approximate surface area is 256 Å². The van der Waals surface area contributed by atoms with E-state index < -0.39 is 23.8 Å². The van der Waals surface area contributed by atoms with Gasteiger partial charge in [0.25, 0.3) is 5.91 Å². The summed E-state index contributed by atoms with van der Waals surface area (Å²) >= 11 is 0. The molecule has 5 rings (SSSR count). The largest absolute Gasteiger partial charge is 0.368 e. The predicted molar refractivity (Wildman–Crippen MR) is 170 cm³/mol. The number of nitrogens with zero attached hydrogens (tertiary/aromatic N) is 3. The smallest absolute Gasteiger partial charge is 0.318 e. The van der Waals surface area contributed by atoms with Gasteiger partial charge in [-0.15, -0.1) is 0 Å². The number of nitrogens with one attached hydrogen (secondary N) is 3. The minimum Gasteiger partial charge on any atom is -0.368 e. The molecule has 2 unspecified atom stereocenters. The van der Waals surface area contributed by atoms with E-state index in [0.29, 0.717) is 38.4 Å². The molecule has 230 valence electrons. The second-order valence-electron chi connectivity index (χ2n) is 11.4. The molecule has 11 heteroatoms. The van der Waals surface area contributed by atoms with Gasteiger partial charge in [-0.25, -0.2) is 9.18 Å². The number of hydrogen-bond acceptors (Lipinski definition) is 5. The highest BCUT2D eigenvalue weighted by Crippen LogP contribution is 2.29. The Morgan fingerprint density at radius 2 is 1.70 bits per heavy atom. The van der Waals surface area contributed by atoms with Crippen LogP contribution in [0.3, 0.4) is 0 Å². The Kier molecular flexibility index (Phi) is 9.15. The molecule has 0 saturated carbocycles. The molecule has 1 aliphatic rings. The van der Waals surface area contributed by atoms with Gasteiger partial charge in [-0.2, -0.15) is 0 Å². The summed E-state index contributed by atoms with van der Waals surface area (Å²) in [6.07, 6.45) is 1.86. The van der Waals surface area contributed by atoms with Crippen LogP contribution in [0, 0.1) is 5.82 Å². The van der Waals surface area contributed by atoms with Crippen molar-refractivity contribution in [2.24, 2.45) is 5.73 Å². The maximum atomic E-state index is 14.0. The minimum atomic E-state index is -0.977. The van der Waals surface area contributed by atoms with Crippen LogP contribution in [0.25, 0.3) is 10.9 Å². The highest BCUT2D eigenvalue weighted by molar-refractivity contribution is 6.05. The number of hydrogen-bond donors (Lipinski definition) is 4. The molecule has 10 nitrogen and oxygen atoms in total. The van der Waals surface area contributed by atoms with E-state index in [1.54, 1.807) is 35.2 Å². The van der Waals surface area contributed by atoms with E-state index >= 15 is 0 Å². The SMILES string of the molecule is CC(c1c[nH]c2ccccc12)C(NC(=O)N1CCN(c2ccc(F)cc2)CC1)C(=O)Nc1cc(CN(C)C)ccc1C(N)=O. The summed E-state index contributed by atoms with van der Waals surface area (Å²) < 4.78 is 13.4. The van der Waals surface area contributed by atoms with Crippen LogP contribution in [0.1, 0.15) is 34.3 Å². The summed E-state index contributed by atoms with van der Waals surface area (Å²) in [7, 11) is 3.85. The molecule has 0 radical (unpaired) electrons. The summed E-state index contributed by atoms with van der Waals surface area (Å²) in [5, 5.41) is 6.83.